The smallest absolute Gasteiger partial charge is 0.126 e. The summed E-state index contributed by atoms with van der Waals surface area (Å²) >= 11 is 0. The van der Waals surface area contributed by atoms with Gasteiger partial charge in [-0.3, -0.25) is 0 Å². The van der Waals surface area contributed by atoms with E-state index in [4.69, 9.17) is 0 Å². The van der Waals surface area contributed by atoms with Gasteiger partial charge in [0.05, 0.1) is 11.5 Å². The Hall–Kier alpha value is -0.630. The fourth-order valence-corrected chi connectivity index (χ4v) is 3.36. The van der Waals surface area contributed by atoms with Gasteiger partial charge in [-0.15, -0.1) is 6.58 Å². The fraction of sp³-hybridized carbons (Fsp3) is 0.750. The minimum atomic E-state index is -0.948. The lowest BCUT2D eigenvalue weighted by Crippen LogP contribution is -2.41. The van der Waals surface area contributed by atoms with E-state index in [-0.39, 0.29) is 11.3 Å². The first kappa shape index (κ1) is 9.91. The highest BCUT2D eigenvalue weighted by Crippen LogP contribution is 2.68. The van der Waals surface area contributed by atoms with Gasteiger partial charge in [-0.25, -0.2) is 0 Å². The standard InChI is InChI=1S/C12H18O2/c1-4-12(14)6-5-8-10(9(12)7-13)11(8,2)3/h4,7-10,14H,1,5-6H2,2-3H3. The van der Waals surface area contributed by atoms with Gasteiger partial charge in [0.15, 0.2) is 0 Å². The number of aldehydes is 1. The van der Waals surface area contributed by atoms with Crippen molar-refractivity contribution in [2.24, 2.45) is 23.2 Å². The summed E-state index contributed by atoms with van der Waals surface area (Å²) in [6.45, 7) is 8.02. The van der Waals surface area contributed by atoms with Crippen LogP contribution in [0.1, 0.15) is 26.7 Å². The number of hydrogen-bond donors (Lipinski definition) is 1. The van der Waals surface area contributed by atoms with Gasteiger partial charge in [-0.05, 0) is 30.1 Å². The molecule has 0 spiro atoms. The van der Waals surface area contributed by atoms with Gasteiger partial charge in [0.2, 0.25) is 0 Å². The van der Waals surface area contributed by atoms with E-state index in [9.17, 15) is 9.90 Å². The summed E-state index contributed by atoms with van der Waals surface area (Å²) in [5.41, 5.74) is -0.713. The highest BCUT2D eigenvalue weighted by Gasteiger charge is 2.66. The van der Waals surface area contributed by atoms with Gasteiger partial charge in [0.25, 0.3) is 0 Å². The Morgan fingerprint density at radius 1 is 1.50 bits per heavy atom. The lowest BCUT2D eigenvalue weighted by Gasteiger charge is -2.34. The Bertz CT molecular complexity index is 282. The van der Waals surface area contributed by atoms with Gasteiger partial charge < -0.3 is 9.90 Å². The summed E-state index contributed by atoms with van der Waals surface area (Å²) < 4.78 is 0. The summed E-state index contributed by atoms with van der Waals surface area (Å²) in [4.78, 5) is 11.1. The maximum atomic E-state index is 11.1. The third-order valence-corrected chi connectivity index (χ3v) is 4.46. The first-order valence-electron chi connectivity index (χ1n) is 5.28. The Labute approximate surface area is 85.0 Å². The molecule has 2 nitrogen and oxygen atoms in total. The van der Waals surface area contributed by atoms with Crippen molar-refractivity contribution in [3.05, 3.63) is 12.7 Å². The van der Waals surface area contributed by atoms with Gasteiger partial charge in [-0.1, -0.05) is 19.9 Å². The zero-order chi connectivity index (χ0) is 10.6. The molecule has 78 valence electrons. The molecule has 0 heterocycles. The largest absolute Gasteiger partial charge is 0.385 e. The predicted molar refractivity (Wildman–Crippen MR) is 54.7 cm³/mol. The molecule has 0 aliphatic heterocycles. The molecular weight excluding hydrogens is 176 g/mol. The van der Waals surface area contributed by atoms with Gasteiger partial charge in [0.1, 0.15) is 6.29 Å². The van der Waals surface area contributed by atoms with Crippen LogP contribution in [0.3, 0.4) is 0 Å². The molecule has 4 unspecified atom stereocenters. The monoisotopic (exact) mass is 194 g/mol. The van der Waals surface area contributed by atoms with Gasteiger partial charge in [-0.2, -0.15) is 0 Å². The number of rotatable bonds is 2. The SMILES string of the molecule is C=CC1(O)CCC2C(C1C=O)C2(C)C. The molecule has 2 heteroatoms. The van der Waals surface area contributed by atoms with Crippen molar-refractivity contribution >= 4 is 6.29 Å². The quantitative estimate of drug-likeness (QED) is 0.537. The Kier molecular flexibility index (Phi) is 1.91. The molecular formula is C12H18O2. The first-order valence-corrected chi connectivity index (χ1v) is 5.28. The average molecular weight is 194 g/mol. The van der Waals surface area contributed by atoms with Crippen LogP contribution in [0.2, 0.25) is 0 Å². The number of hydrogen-bond acceptors (Lipinski definition) is 2. The molecule has 0 amide bonds. The van der Waals surface area contributed by atoms with E-state index in [0.29, 0.717) is 18.3 Å². The molecule has 0 radical (unpaired) electrons. The zero-order valence-corrected chi connectivity index (χ0v) is 8.86. The Morgan fingerprint density at radius 3 is 2.64 bits per heavy atom. The van der Waals surface area contributed by atoms with Crippen LogP contribution in [0, 0.1) is 23.2 Å². The number of carbonyl (C=O) groups is 1. The molecule has 2 saturated carbocycles. The Morgan fingerprint density at radius 2 is 2.14 bits per heavy atom. The highest BCUT2D eigenvalue weighted by molar-refractivity contribution is 5.59. The minimum Gasteiger partial charge on any atom is -0.385 e. The summed E-state index contributed by atoms with van der Waals surface area (Å²) in [7, 11) is 0. The van der Waals surface area contributed by atoms with Crippen LogP contribution < -0.4 is 0 Å². The molecule has 0 aromatic carbocycles. The first-order chi connectivity index (χ1) is 6.47. The summed E-state index contributed by atoms with van der Waals surface area (Å²) in [5.74, 6) is 0.739. The summed E-state index contributed by atoms with van der Waals surface area (Å²) in [6.07, 6.45) is 4.18. The van der Waals surface area contributed by atoms with E-state index in [1.54, 1.807) is 6.08 Å². The van der Waals surface area contributed by atoms with E-state index in [0.717, 1.165) is 12.7 Å². The van der Waals surface area contributed by atoms with Crippen LogP contribution >= 0.6 is 0 Å². The van der Waals surface area contributed by atoms with Crippen molar-refractivity contribution in [1.29, 1.82) is 0 Å². The van der Waals surface area contributed by atoms with Crippen LogP contribution in [0.25, 0.3) is 0 Å². The van der Waals surface area contributed by atoms with Crippen LogP contribution in [-0.2, 0) is 4.79 Å². The molecule has 14 heavy (non-hydrogen) atoms. The van der Waals surface area contributed by atoms with Crippen LogP contribution in [0.15, 0.2) is 12.7 Å². The van der Waals surface area contributed by atoms with Crippen molar-refractivity contribution in [3.63, 3.8) is 0 Å². The molecule has 0 saturated heterocycles. The second kappa shape index (κ2) is 2.69. The van der Waals surface area contributed by atoms with Crippen molar-refractivity contribution in [2.75, 3.05) is 0 Å². The molecule has 0 aromatic heterocycles. The normalized spacial score (nSPS) is 49.2. The van der Waals surface area contributed by atoms with E-state index >= 15 is 0 Å². The molecule has 4 atom stereocenters. The van der Waals surface area contributed by atoms with E-state index in [1.165, 1.54) is 0 Å². The molecule has 2 aliphatic carbocycles. The van der Waals surface area contributed by atoms with Crippen LogP contribution in [0.4, 0.5) is 0 Å². The van der Waals surface area contributed by atoms with Crippen molar-refractivity contribution < 1.29 is 9.90 Å². The molecule has 2 fully saturated rings. The molecule has 2 aliphatic rings. The van der Waals surface area contributed by atoms with E-state index in [2.05, 4.69) is 20.4 Å². The topological polar surface area (TPSA) is 37.3 Å². The van der Waals surface area contributed by atoms with Crippen molar-refractivity contribution in [1.82, 2.24) is 0 Å². The summed E-state index contributed by atoms with van der Waals surface area (Å²) in [5, 5.41) is 10.2. The second-order valence-corrected chi connectivity index (χ2v) is 5.35. The van der Waals surface area contributed by atoms with Crippen molar-refractivity contribution in [2.45, 2.75) is 32.3 Å². The molecule has 0 bridgehead atoms. The number of carbonyl (C=O) groups excluding carboxylic acids is 1. The third-order valence-electron chi connectivity index (χ3n) is 4.46. The van der Waals surface area contributed by atoms with Gasteiger partial charge in [0, 0.05) is 0 Å². The van der Waals surface area contributed by atoms with Gasteiger partial charge >= 0.3 is 0 Å². The predicted octanol–water partition coefficient (Wildman–Crippen LogP) is 1.78. The maximum absolute atomic E-state index is 11.1. The van der Waals surface area contributed by atoms with E-state index < -0.39 is 5.60 Å². The average Bonchev–Trinajstić information content (AvgIpc) is 2.69. The second-order valence-electron chi connectivity index (χ2n) is 5.35. The van der Waals surface area contributed by atoms with E-state index in [1.807, 2.05) is 0 Å². The molecule has 0 aromatic rings. The third kappa shape index (κ3) is 1.04. The fourth-order valence-electron chi connectivity index (χ4n) is 3.36. The van der Waals surface area contributed by atoms with Crippen LogP contribution in [-0.4, -0.2) is 17.0 Å². The lowest BCUT2D eigenvalue weighted by atomic mass is 9.76. The zero-order valence-electron chi connectivity index (χ0n) is 8.86. The number of fused-ring (bicyclic) bond motifs is 1. The summed E-state index contributed by atoms with van der Waals surface area (Å²) in [6, 6.07) is 0. The van der Waals surface area contributed by atoms with Crippen molar-refractivity contribution in [3.8, 4) is 0 Å². The minimum absolute atomic E-state index is 0.235. The molecule has 2 rings (SSSR count). The van der Waals surface area contributed by atoms with Crippen LogP contribution in [0.5, 0.6) is 0 Å². The Balaban J connectivity index is 2.29. The highest BCUT2D eigenvalue weighted by atomic mass is 16.3. The maximum Gasteiger partial charge on any atom is 0.126 e. The lowest BCUT2D eigenvalue weighted by molar-refractivity contribution is -0.120. The number of aliphatic hydroxyl groups is 1. The molecule has 1 N–H and O–H groups in total.